The monoisotopic (exact) mass is 398 g/mol. The Hall–Kier alpha value is -2.90. The lowest BCUT2D eigenvalue weighted by Gasteiger charge is -2.13. The molecule has 7 nitrogen and oxygen atoms in total. The third-order valence-corrected chi connectivity index (χ3v) is 5.06. The van der Waals surface area contributed by atoms with E-state index in [1.54, 1.807) is 7.11 Å². The number of hydrogen-bond acceptors (Lipinski definition) is 5. The molecule has 0 fully saturated rings. The Kier molecular flexibility index (Phi) is 5.02. The number of fused-ring (bicyclic) bond motifs is 1. The highest BCUT2D eigenvalue weighted by Crippen LogP contribution is 2.27. The summed E-state index contributed by atoms with van der Waals surface area (Å²) in [5, 5.41) is 18.7. The van der Waals surface area contributed by atoms with E-state index in [0.29, 0.717) is 30.4 Å². The number of carboxylic acid groups (broad SMARTS) is 1. The van der Waals surface area contributed by atoms with Gasteiger partial charge in [-0.2, -0.15) is 0 Å². The Bertz CT molecular complexity index is 1020. The second kappa shape index (κ2) is 7.61. The van der Waals surface area contributed by atoms with Gasteiger partial charge in [0.2, 0.25) is 0 Å². The van der Waals surface area contributed by atoms with Crippen molar-refractivity contribution in [1.82, 2.24) is 19.9 Å². The third-order valence-electron chi connectivity index (χ3n) is 4.83. The molecule has 2 aromatic carbocycles. The molecule has 0 saturated carbocycles. The summed E-state index contributed by atoms with van der Waals surface area (Å²) in [7, 11) is 1.60. The van der Waals surface area contributed by atoms with Crippen molar-refractivity contribution in [3.05, 3.63) is 75.6 Å². The summed E-state index contributed by atoms with van der Waals surface area (Å²) >= 11 is 6.07. The first-order chi connectivity index (χ1) is 13.5. The molecule has 28 heavy (non-hydrogen) atoms. The van der Waals surface area contributed by atoms with Crippen LogP contribution >= 0.6 is 11.6 Å². The topological polar surface area (TPSA) is 80.5 Å². The van der Waals surface area contributed by atoms with Gasteiger partial charge in [0.1, 0.15) is 11.4 Å². The lowest BCUT2D eigenvalue weighted by atomic mass is 10.1. The molecule has 4 rings (SSSR count). The van der Waals surface area contributed by atoms with E-state index in [1.165, 1.54) is 10.2 Å². The minimum absolute atomic E-state index is 0.116. The molecule has 3 aromatic rings. The lowest BCUT2D eigenvalue weighted by Crippen LogP contribution is -2.19. The van der Waals surface area contributed by atoms with Crippen LogP contribution in [0.25, 0.3) is 0 Å². The van der Waals surface area contributed by atoms with Crippen LogP contribution < -0.4 is 4.74 Å². The van der Waals surface area contributed by atoms with Crippen molar-refractivity contribution in [1.29, 1.82) is 0 Å². The Balaban J connectivity index is 1.53. The summed E-state index contributed by atoms with van der Waals surface area (Å²) in [6.07, 6.45) is 0. The Morgan fingerprint density at radius 3 is 2.61 bits per heavy atom. The van der Waals surface area contributed by atoms with E-state index in [4.69, 9.17) is 16.3 Å². The van der Waals surface area contributed by atoms with E-state index < -0.39 is 5.97 Å². The minimum atomic E-state index is -1.03. The minimum Gasteiger partial charge on any atom is -0.497 e. The van der Waals surface area contributed by atoms with Crippen LogP contribution in [0.5, 0.6) is 5.75 Å². The van der Waals surface area contributed by atoms with Crippen LogP contribution in [0.1, 0.15) is 32.9 Å². The van der Waals surface area contributed by atoms with E-state index in [1.807, 2.05) is 42.5 Å². The first kappa shape index (κ1) is 18.5. The maximum atomic E-state index is 11.9. The predicted octanol–water partition coefficient (Wildman–Crippen LogP) is 3.20. The summed E-state index contributed by atoms with van der Waals surface area (Å²) in [5.74, 6) is -0.288. The summed E-state index contributed by atoms with van der Waals surface area (Å²) in [4.78, 5) is 14.0. The number of rotatable bonds is 6. The molecule has 0 bridgehead atoms. The first-order valence-electron chi connectivity index (χ1n) is 8.81. The van der Waals surface area contributed by atoms with Gasteiger partial charge in [-0.25, -0.2) is 9.48 Å². The molecule has 1 aliphatic rings. The van der Waals surface area contributed by atoms with Crippen molar-refractivity contribution < 1.29 is 14.6 Å². The van der Waals surface area contributed by atoms with Gasteiger partial charge in [0.25, 0.3) is 0 Å². The number of carboxylic acids is 1. The second-order valence-electron chi connectivity index (χ2n) is 6.75. The molecule has 0 radical (unpaired) electrons. The van der Waals surface area contributed by atoms with Gasteiger partial charge in [-0.05, 0) is 41.0 Å². The third kappa shape index (κ3) is 3.72. The number of ether oxygens (including phenoxy) is 1. The van der Waals surface area contributed by atoms with Crippen molar-refractivity contribution in [3.8, 4) is 5.75 Å². The highest BCUT2D eigenvalue weighted by atomic mass is 35.5. The largest absolute Gasteiger partial charge is 0.497 e. The number of halogens is 1. The van der Waals surface area contributed by atoms with Gasteiger partial charge in [-0.1, -0.05) is 35.0 Å². The Morgan fingerprint density at radius 2 is 1.89 bits per heavy atom. The number of hydrogen-bond donors (Lipinski definition) is 1. The summed E-state index contributed by atoms with van der Waals surface area (Å²) in [6, 6.07) is 13.3. The van der Waals surface area contributed by atoms with Gasteiger partial charge >= 0.3 is 5.97 Å². The zero-order valence-corrected chi connectivity index (χ0v) is 16.1. The van der Waals surface area contributed by atoms with Crippen molar-refractivity contribution >= 4 is 17.6 Å². The molecular weight excluding hydrogens is 380 g/mol. The van der Waals surface area contributed by atoms with Crippen LogP contribution in [0.4, 0.5) is 0 Å². The lowest BCUT2D eigenvalue weighted by molar-refractivity contribution is 0.0681. The van der Waals surface area contributed by atoms with Crippen molar-refractivity contribution in [3.63, 3.8) is 0 Å². The molecular formula is C20H19ClN4O3. The van der Waals surface area contributed by atoms with Crippen LogP contribution in [-0.2, 0) is 26.2 Å². The predicted molar refractivity (Wildman–Crippen MR) is 103 cm³/mol. The first-order valence-corrected chi connectivity index (χ1v) is 9.19. The molecule has 144 valence electrons. The van der Waals surface area contributed by atoms with Crippen LogP contribution in [0.15, 0.2) is 42.5 Å². The zero-order valence-electron chi connectivity index (χ0n) is 15.3. The fraction of sp³-hybridized carbons (Fsp3) is 0.250. The highest BCUT2D eigenvalue weighted by Gasteiger charge is 2.25. The standard InChI is InChI=1S/C20H19ClN4O3/c1-28-17-6-2-13(3-7-17)9-25-19(20(26)27)18(22-23-25)12-24-10-14-4-5-16(21)8-15(14)11-24/h2-8H,9-12H2,1H3,(H,26,27). The summed E-state index contributed by atoms with van der Waals surface area (Å²) in [5.41, 5.74) is 3.86. The van der Waals surface area contributed by atoms with Gasteiger partial charge in [0, 0.05) is 24.7 Å². The molecule has 0 spiro atoms. The summed E-state index contributed by atoms with van der Waals surface area (Å²) < 4.78 is 6.58. The van der Waals surface area contributed by atoms with Crippen molar-refractivity contribution in [2.45, 2.75) is 26.2 Å². The quantitative estimate of drug-likeness (QED) is 0.686. The van der Waals surface area contributed by atoms with Crippen LogP contribution in [0, 0.1) is 0 Å². The fourth-order valence-corrected chi connectivity index (χ4v) is 3.66. The normalized spacial score (nSPS) is 13.5. The number of methoxy groups -OCH3 is 1. The zero-order chi connectivity index (χ0) is 19.7. The Morgan fingerprint density at radius 1 is 1.14 bits per heavy atom. The SMILES string of the molecule is COc1ccc(Cn2nnc(CN3Cc4ccc(Cl)cc4C3)c2C(=O)O)cc1. The second-order valence-corrected chi connectivity index (χ2v) is 7.19. The Labute approximate surface area is 167 Å². The molecule has 1 aromatic heterocycles. The molecule has 1 aliphatic heterocycles. The van der Waals surface area contributed by atoms with Gasteiger partial charge in [0.15, 0.2) is 5.69 Å². The van der Waals surface area contributed by atoms with Crippen LogP contribution in [0.3, 0.4) is 0 Å². The van der Waals surface area contributed by atoms with Gasteiger partial charge < -0.3 is 9.84 Å². The van der Waals surface area contributed by atoms with Crippen molar-refractivity contribution in [2.75, 3.05) is 7.11 Å². The van der Waals surface area contributed by atoms with E-state index in [9.17, 15) is 9.90 Å². The maximum absolute atomic E-state index is 11.9. The van der Waals surface area contributed by atoms with E-state index in [2.05, 4.69) is 15.2 Å². The number of aromatic nitrogens is 3. The van der Waals surface area contributed by atoms with Gasteiger partial charge in [-0.15, -0.1) is 5.10 Å². The number of nitrogens with zero attached hydrogens (tertiary/aromatic N) is 4. The molecule has 0 unspecified atom stereocenters. The number of carbonyl (C=O) groups is 1. The molecule has 0 aliphatic carbocycles. The van der Waals surface area contributed by atoms with Crippen molar-refractivity contribution in [2.24, 2.45) is 0 Å². The fourth-order valence-electron chi connectivity index (χ4n) is 3.46. The van der Waals surface area contributed by atoms with Gasteiger partial charge in [0.05, 0.1) is 13.7 Å². The smallest absolute Gasteiger partial charge is 0.356 e. The molecule has 0 atom stereocenters. The molecule has 8 heteroatoms. The molecule has 0 saturated heterocycles. The van der Waals surface area contributed by atoms with Crippen LogP contribution in [0.2, 0.25) is 5.02 Å². The average molecular weight is 399 g/mol. The van der Waals surface area contributed by atoms with E-state index in [0.717, 1.165) is 23.4 Å². The molecule has 2 heterocycles. The average Bonchev–Trinajstić information content (AvgIpc) is 3.25. The molecule has 0 amide bonds. The number of aromatic carboxylic acids is 1. The van der Waals surface area contributed by atoms with E-state index >= 15 is 0 Å². The van der Waals surface area contributed by atoms with Crippen LogP contribution in [-0.4, -0.2) is 38.1 Å². The highest BCUT2D eigenvalue weighted by molar-refractivity contribution is 6.30. The van der Waals surface area contributed by atoms with E-state index in [-0.39, 0.29) is 5.69 Å². The summed E-state index contributed by atoms with van der Waals surface area (Å²) in [6.45, 7) is 2.18. The maximum Gasteiger partial charge on any atom is 0.356 e. The van der Waals surface area contributed by atoms with Gasteiger partial charge in [-0.3, -0.25) is 4.90 Å². The number of benzene rings is 2. The molecule has 1 N–H and O–H groups in total.